The molecule has 0 aliphatic rings. The van der Waals surface area contributed by atoms with E-state index in [1.807, 2.05) is 6.08 Å². The van der Waals surface area contributed by atoms with Crippen LogP contribution in [0.15, 0.2) is 48.6 Å². The number of carbonyl (C=O) groups is 2. The summed E-state index contributed by atoms with van der Waals surface area (Å²) in [6.07, 6.45) is 75.7. The van der Waals surface area contributed by atoms with Crippen molar-refractivity contribution in [1.82, 2.24) is 5.32 Å². The zero-order valence-electron chi connectivity index (χ0n) is 46.7. The molecule has 0 saturated heterocycles. The number of aliphatic hydroxyl groups excluding tert-OH is 2. The molecule has 70 heavy (non-hydrogen) atoms. The highest BCUT2D eigenvalue weighted by Gasteiger charge is 2.18. The van der Waals surface area contributed by atoms with Crippen molar-refractivity contribution in [2.75, 3.05) is 13.2 Å². The molecule has 0 saturated carbocycles. The third-order valence-electron chi connectivity index (χ3n) is 14.1. The monoisotopic (exact) mass is 982 g/mol. The van der Waals surface area contributed by atoms with E-state index in [0.29, 0.717) is 19.4 Å². The Hall–Kier alpha value is -2.18. The first-order valence-electron chi connectivity index (χ1n) is 30.9. The summed E-state index contributed by atoms with van der Waals surface area (Å²) in [5.41, 5.74) is 0. The zero-order chi connectivity index (χ0) is 50.7. The van der Waals surface area contributed by atoms with Crippen LogP contribution in [-0.2, 0) is 14.3 Å². The third kappa shape index (κ3) is 55.1. The molecule has 0 aliphatic carbocycles. The molecule has 0 aromatic heterocycles. The summed E-state index contributed by atoms with van der Waals surface area (Å²) in [6.45, 7) is 4.87. The van der Waals surface area contributed by atoms with Crippen LogP contribution in [0.2, 0.25) is 0 Å². The van der Waals surface area contributed by atoms with Gasteiger partial charge in [-0.05, 0) is 89.9 Å². The lowest BCUT2D eigenvalue weighted by Gasteiger charge is -2.20. The van der Waals surface area contributed by atoms with E-state index in [9.17, 15) is 19.8 Å². The third-order valence-corrected chi connectivity index (χ3v) is 14.1. The highest BCUT2D eigenvalue weighted by atomic mass is 16.5. The highest BCUT2D eigenvalue weighted by molar-refractivity contribution is 5.76. The highest BCUT2D eigenvalue weighted by Crippen LogP contribution is 2.17. The van der Waals surface area contributed by atoms with Crippen molar-refractivity contribution >= 4 is 11.9 Å². The second kappa shape index (κ2) is 59.4. The lowest BCUT2D eigenvalue weighted by atomic mass is 10.0. The van der Waals surface area contributed by atoms with Gasteiger partial charge in [0, 0.05) is 12.8 Å². The van der Waals surface area contributed by atoms with Gasteiger partial charge in [-0.2, -0.15) is 0 Å². The number of aliphatic hydroxyl groups is 2. The van der Waals surface area contributed by atoms with E-state index in [0.717, 1.165) is 70.6 Å². The average Bonchev–Trinajstić information content (AvgIpc) is 3.36. The van der Waals surface area contributed by atoms with Gasteiger partial charge in [-0.3, -0.25) is 9.59 Å². The number of carbonyl (C=O) groups excluding carboxylic acids is 2. The van der Waals surface area contributed by atoms with E-state index in [2.05, 4.69) is 55.6 Å². The van der Waals surface area contributed by atoms with Gasteiger partial charge in [-0.25, -0.2) is 0 Å². The Labute approximate surface area is 436 Å². The summed E-state index contributed by atoms with van der Waals surface area (Å²) in [5, 5.41) is 23.2. The maximum atomic E-state index is 12.5. The van der Waals surface area contributed by atoms with Crippen LogP contribution in [0.25, 0.3) is 0 Å². The Kier molecular flexibility index (Phi) is 57.5. The first-order valence-corrected chi connectivity index (χ1v) is 30.9. The van der Waals surface area contributed by atoms with Gasteiger partial charge < -0.3 is 20.3 Å². The fourth-order valence-electron chi connectivity index (χ4n) is 9.31. The van der Waals surface area contributed by atoms with Crippen LogP contribution in [0.5, 0.6) is 0 Å². The number of nitrogens with one attached hydrogen (secondary N) is 1. The van der Waals surface area contributed by atoms with Crippen molar-refractivity contribution in [1.29, 1.82) is 0 Å². The summed E-state index contributed by atoms with van der Waals surface area (Å²) >= 11 is 0. The van der Waals surface area contributed by atoms with E-state index in [4.69, 9.17) is 4.74 Å². The molecule has 0 radical (unpaired) electrons. The van der Waals surface area contributed by atoms with Crippen molar-refractivity contribution in [3.05, 3.63) is 48.6 Å². The van der Waals surface area contributed by atoms with Gasteiger partial charge in [0.25, 0.3) is 0 Å². The molecule has 0 aromatic rings. The number of esters is 1. The van der Waals surface area contributed by atoms with Crippen LogP contribution < -0.4 is 5.32 Å². The number of ether oxygens (including phenoxy) is 1. The molecule has 6 heteroatoms. The van der Waals surface area contributed by atoms with Crippen LogP contribution in [0.3, 0.4) is 0 Å². The Balaban J connectivity index is 3.51. The molecular weight excluding hydrogens is 863 g/mol. The molecule has 0 aliphatic heterocycles. The Morgan fingerprint density at radius 2 is 0.714 bits per heavy atom. The van der Waals surface area contributed by atoms with E-state index < -0.39 is 12.1 Å². The van der Waals surface area contributed by atoms with Crippen molar-refractivity contribution < 1.29 is 24.5 Å². The molecule has 2 unspecified atom stereocenters. The standard InChI is InChI=1S/C64H119NO5/c1-3-5-7-9-11-13-15-17-19-21-22-23-24-25-28-32-36-40-44-48-52-56-62(67)61(60-66)65-63(68)57-53-49-45-41-37-33-29-26-27-31-35-39-43-47-51-55-59-70-64(69)58-54-50-46-42-38-34-30-20-18-16-14-12-10-8-6-4-2/h14,16,20,26,29-30,52,56,61-62,66-67H,3-13,15,17-19,21-25,27-28,31-51,53-55,57-60H2,1-2H3,(H,65,68)/b16-14-,29-26-,30-20-,56-52+. The number of hydrogen-bond acceptors (Lipinski definition) is 5. The maximum absolute atomic E-state index is 12.5. The Bertz CT molecular complexity index is 1180. The molecule has 0 fully saturated rings. The van der Waals surface area contributed by atoms with Crippen LogP contribution in [0, 0.1) is 0 Å². The van der Waals surface area contributed by atoms with Gasteiger partial charge in [-0.1, -0.05) is 268 Å². The van der Waals surface area contributed by atoms with Gasteiger partial charge in [0.05, 0.1) is 25.4 Å². The van der Waals surface area contributed by atoms with Crippen molar-refractivity contribution in [3.8, 4) is 0 Å². The van der Waals surface area contributed by atoms with E-state index in [1.54, 1.807) is 6.08 Å². The smallest absolute Gasteiger partial charge is 0.305 e. The van der Waals surface area contributed by atoms with Gasteiger partial charge in [0.1, 0.15) is 0 Å². The topological polar surface area (TPSA) is 95.9 Å². The van der Waals surface area contributed by atoms with Gasteiger partial charge in [0.15, 0.2) is 0 Å². The van der Waals surface area contributed by atoms with E-state index >= 15 is 0 Å². The summed E-state index contributed by atoms with van der Waals surface area (Å²) in [5.74, 6) is -0.101. The Morgan fingerprint density at radius 3 is 1.11 bits per heavy atom. The predicted molar refractivity (Wildman–Crippen MR) is 306 cm³/mol. The molecule has 1 amide bonds. The SMILES string of the molecule is CCCCCC/C=C\C/C=C\CCCCCCCC(=O)OCCCCCCCCC/C=C\CCCCCCCC(=O)NC(CO)C(O)/C=C/CCCCCCCCCCCCCCCCCCCCC. The van der Waals surface area contributed by atoms with Crippen LogP contribution >= 0.6 is 0 Å². The van der Waals surface area contributed by atoms with Crippen LogP contribution in [0.1, 0.15) is 322 Å². The molecule has 0 rings (SSSR count). The number of hydrogen-bond donors (Lipinski definition) is 3. The zero-order valence-corrected chi connectivity index (χ0v) is 46.7. The first-order chi connectivity index (χ1) is 34.5. The maximum Gasteiger partial charge on any atom is 0.305 e. The van der Waals surface area contributed by atoms with Crippen molar-refractivity contribution in [2.45, 2.75) is 334 Å². The van der Waals surface area contributed by atoms with Crippen molar-refractivity contribution in [2.24, 2.45) is 0 Å². The van der Waals surface area contributed by atoms with Crippen LogP contribution in [-0.4, -0.2) is 47.4 Å². The van der Waals surface area contributed by atoms with Crippen LogP contribution in [0.4, 0.5) is 0 Å². The lowest BCUT2D eigenvalue weighted by molar-refractivity contribution is -0.143. The molecule has 0 bridgehead atoms. The average molecular weight is 983 g/mol. The second-order valence-electron chi connectivity index (χ2n) is 21.0. The summed E-state index contributed by atoms with van der Waals surface area (Å²) in [4.78, 5) is 24.6. The molecule has 0 aromatic carbocycles. The largest absolute Gasteiger partial charge is 0.466 e. The fraction of sp³-hybridized carbons (Fsp3) is 0.844. The minimum absolute atomic E-state index is 0.0174. The number of unbranched alkanes of at least 4 members (excludes halogenated alkanes) is 40. The minimum Gasteiger partial charge on any atom is -0.466 e. The molecule has 410 valence electrons. The lowest BCUT2D eigenvalue weighted by Crippen LogP contribution is -2.45. The minimum atomic E-state index is -0.857. The Morgan fingerprint density at radius 1 is 0.400 bits per heavy atom. The summed E-state index contributed by atoms with van der Waals surface area (Å²) < 4.78 is 5.47. The van der Waals surface area contributed by atoms with Gasteiger partial charge in [-0.15, -0.1) is 0 Å². The molecule has 0 heterocycles. The van der Waals surface area contributed by atoms with E-state index in [1.165, 1.54) is 225 Å². The number of allylic oxidation sites excluding steroid dienone is 7. The fourth-order valence-corrected chi connectivity index (χ4v) is 9.31. The quantitative estimate of drug-likeness (QED) is 0.0321. The molecule has 0 spiro atoms. The second-order valence-corrected chi connectivity index (χ2v) is 21.0. The molecule has 2 atom stereocenters. The predicted octanol–water partition coefficient (Wildman–Crippen LogP) is 19.4. The summed E-state index contributed by atoms with van der Waals surface area (Å²) in [7, 11) is 0. The number of rotatable bonds is 57. The first kappa shape index (κ1) is 67.8. The summed E-state index contributed by atoms with van der Waals surface area (Å²) in [6, 6.07) is -0.642. The molecular formula is C64H119NO5. The number of amides is 1. The van der Waals surface area contributed by atoms with Crippen molar-refractivity contribution in [3.63, 3.8) is 0 Å². The molecule has 3 N–H and O–H groups in total. The van der Waals surface area contributed by atoms with Gasteiger partial charge in [0.2, 0.25) is 5.91 Å². The van der Waals surface area contributed by atoms with Gasteiger partial charge >= 0.3 is 5.97 Å². The van der Waals surface area contributed by atoms with E-state index in [-0.39, 0.29) is 18.5 Å². The molecule has 6 nitrogen and oxygen atoms in total. The normalized spacial score (nSPS) is 12.9.